The molecule has 172 valence electrons. The number of nitrogens with one attached hydrogen (secondary N) is 1. The van der Waals surface area contributed by atoms with Gasteiger partial charge in [0.1, 0.15) is 11.6 Å². The van der Waals surface area contributed by atoms with E-state index in [2.05, 4.69) is 5.32 Å². The van der Waals surface area contributed by atoms with Crippen molar-refractivity contribution in [3.8, 4) is 0 Å². The number of carbonyl (C=O) groups is 3. The van der Waals surface area contributed by atoms with Crippen molar-refractivity contribution in [1.82, 2.24) is 15.1 Å². The van der Waals surface area contributed by atoms with Crippen LogP contribution in [0.5, 0.6) is 0 Å². The van der Waals surface area contributed by atoms with Gasteiger partial charge in [-0.05, 0) is 32.8 Å². The Balaban J connectivity index is 1.98. The Morgan fingerprint density at radius 2 is 1.65 bits per heavy atom. The van der Waals surface area contributed by atoms with Gasteiger partial charge in [-0.1, -0.05) is 43.7 Å². The van der Waals surface area contributed by atoms with E-state index in [0.29, 0.717) is 39.2 Å². The van der Waals surface area contributed by atoms with Crippen LogP contribution in [0, 0.1) is 0 Å². The number of amides is 3. The molecule has 0 aliphatic carbocycles. The van der Waals surface area contributed by atoms with Gasteiger partial charge in [-0.3, -0.25) is 4.79 Å². The predicted molar refractivity (Wildman–Crippen MR) is 118 cm³/mol. The van der Waals surface area contributed by atoms with Crippen LogP contribution in [0.3, 0.4) is 0 Å². The fraction of sp³-hybridized carbons (Fsp3) is 0.609. The molecule has 1 aromatic rings. The second-order valence-electron chi connectivity index (χ2n) is 8.67. The van der Waals surface area contributed by atoms with Crippen LogP contribution in [0.15, 0.2) is 30.3 Å². The topological polar surface area (TPSA) is 88.2 Å². The maximum absolute atomic E-state index is 13.2. The number of ether oxygens (including phenoxy) is 2. The standard InChI is InChI=1S/C23H35N3O5/c1-5-6-16-30-22(29)26-14-12-25(13-15-26)20(27)19(17-18-10-8-7-9-11-18)24-21(28)31-23(2,3)4/h7-11,19H,5-6,12-17H2,1-4H3,(H,24,28)/t19-/m0/s1. The van der Waals surface area contributed by atoms with Gasteiger partial charge in [0.05, 0.1) is 6.61 Å². The molecule has 1 heterocycles. The second-order valence-corrected chi connectivity index (χ2v) is 8.67. The first-order valence-electron chi connectivity index (χ1n) is 10.9. The average Bonchev–Trinajstić information content (AvgIpc) is 2.72. The summed E-state index contributed by atoms with van der Waals surface area (Å²) in [6, 6.07) is 8.78. The molecule has 0 unspecified atom stereocenters. The Morgan fingerprint density at radius 3 is 2.23 bits per heavy atom. The lowest BCUT2D eigenvalue weighted by Crippen LogP contribution is -2.56. The van der Waals surface area contributed by atoms with E-state index >= 15 is 0 Å². The molecule has 0 saturated carbocycles. The summed E-state index contributed by atoms with van der Waals surface area (Å²) in [6.07, 6.45) is 1.19. The molecule has 1 aliphatic heterocycles. The van der Waals surface area contributed by atoms with Gasteiger partial charge in [0.2, 0.25) is 5.91 Å². The molecule has 2 rings (SSSR count). The highest BCUT2D eigenvalue weighted by Gasteiger charge is 2.31. The summed E-state index contributed by atoms with van der Waals surface area (Å²) in [4.78, 5) is 41.0. The molecule has 0 aromatic heterocycles. The number of alkyl carbamates (subject to hydrolysis) is 1. The van der Waals surface area contributed by atoms with Gasteiger partial charge in [0.25, 0.3) is 0 Å². The van der Waals surface area contributed by atoms with E-state index in [4.69, 9.17) is 9.47 Å². The van der Waals surface area contributed by atoms with Crippen molar-refractivity contribution in [3.63, 3.8) is 0 Å². The van der Waals surface area contributed by atoms with Crippen molar-refractivity contribution < 1.29 is 23.9 Å². The molecule has 8 heteroatoms. The molecule has 1 fully saturated rings. The molecule has 3 amide bonds. The monoisotopic (exact) mass is 433 g/mol. The van der Waals surface area contributed by atoms with E-state index in [9.17, 15) is 14.4 Å². The van der Waals surface area contributed by atoms with Crippen LogP contribution in [0.25, 0.3) is 0 Å². The Hall–Kier alpha value is -2.77. The average molecular weight is 434 g/mol. The number of unbranched alkanes of at least 4 members (excludes halogenated alkanes) is 1. The lowest BCUT2D eigenvalue weighted by molar-refractivity contribution is -0.135. The smallest absolute Gasteiger partial charge is 0.409 e. The van der Waals surface area contributed by atoms with Crippen molar-refractivity contribution in [1.29, 1.82) is 0 Å². The number of piperazine rings is 1. The molecule has 1 N–H and O–H groups in total. The molecule has 0 bridgehead atoms. The zero-order valence-corrected chi connectivity index (χ0v) is 19.1. The summed E-state index contributed by atoms with van der Waals surface area (Å²) in [5.41, 5.74) is 0.281. The SMILES string of the molecule is CCCCOC(=O)N1CCN(C(=O)[C@H](Cc2ccccc2)NC(=O)OC(C)(C)C)CC1. The Bertz CT molecular complexity index is 724. The van der Waals surface area contributed by atoms with Gasteiger partial charge in [-0.15, -0.1) is 0 Å². The van der Waals surface area contributed by atoms with E-state index in [1.807, 2.05) is 37.3 Å². The fourth-order valence-electron chi connectivity index (χ4n) is 3.22. The Labute approximate surface area is 184 Å². The summed E-state index contributed by atoms with van der Waals surface area (Å²) in [5.74, 6) is -0.186. The molecule has 1 saturated heterocycles. The van der Waals surface area contributed by atoms with Gasteiger partial charge < -0.3 is 24.6 Å². The minimum absolute atomic E-state index is 0.186. The van der Waals surface area contributed by atoms with Crippen LogP contribution in [0.1, 0.15) is 46.1 Å². The second kappa shape index (κ2) is 11.6. The van der Waals surface area contributed by atoms with Gasteiger partial charge >= 0.3 is 12.2 Å². The first kappa shape index (κ1) is 24.5. The number of hydrogen-bond acceptors (Lipinski definition) is 5. The van der Waals surface area contributed by atoms with Crippen LogP contribution in [-0.2, 0) is 20.7 Å². The van der Waals surface area contributed by atoms with Crippen LogP contribution in [-0.4, -0.2) is 72.3 Å². The highest BCUT2D eigenvalue weighted by molar-refractivity contribution is 5.86. The number of nitrogens with zero attached hydrogens (tertiary/aromatic N) is 2. The molecular formula is C23H35N3O5. The summed E-state index contributed by atoms with van der Waals surface area (Å²) in [7, 11) is 0. The highest BCUT2D eigenvalue weighted by Crippen LogP contribution is 2.12. The molecule has 8 nitrogen and oxygen atoms in total. The normalized spacial score (nSPS) is 15.2. The third-order valence-corrected chi connectivity index (χ3v) is 4.84. The Kier molecular flexibility index (Phi) is 9.15. The molecule has 1 atom stereocenters. The van der Waals surface area contributed by atoms with Crippen molar-refractivity contribution >= 4 is 18.1 Å². The lowest BCUT2D eigenvalue weighted by atomic mass is 10.0. The van der Waals surface area contributed by atoms with Crippen LogP contribution < -0.4 is 5.32 Å². The van der Waals surface area contributed by atoms with Crippen molar-refractivity contribution in [3.05, 3.63) is 35.9 Å². The van der Waals surface area contributed by atoms with E-state index in [1.165, 1.54) is 0 Å². The van der Waals surface area contributed by atoms with Gasteiger partial charge in [0.15, 0.2) is 0 Å². The molecule has 0 spiro atoms. The number of carbonyl (C=O) groups excluding carboxylic acids is 3. The third kappa shape index (κ3) is 8.47. The summed E-state index contributed by atoms with van der Waals surface area (Å²) in [6.45, 7) is 9.37. The minimum atomic E-state index is -0.750. The van der Waals surface area contributed by atoms with E-state index in [0.717, 1.165) is 18.4 Å². The predicted octanol–water partition coefficient (Wildman–Crippen LogP) is 3.20. The van der Waals surface area contributed by atoms with Crippen molar-refractivity contribution in [2.45, 2.75) is 58.6 Å². The maximum atomic E-state index is 13.2. The van der Waals surface area contributed by atoms with Crippen LogP contribution >= 0.6 is 0 Å². The van der Waals surface area contributed by atoms with Crippen LogP contribution in [0.2, 0.25) is 0 Å². The summed E-state index contributed by atoms with van der Waals surface area (Å²) < 4.78 is 10.6. The molecule has 1 aliphatic rings. The molecule has 0 radical (unpaired) electrons. The van der Waals surface area contributed by atoms with Crippen molar-refractivity contribution in [2.75, 3.05) is 32.8 Å². The molecule has 1 aromatic carbocycles. The van der Waals surface area contributed by atoms with E-state index in [1.54, 1.807) is 30.6 Å². The van der Waals surface area contributed by atoms with Crippen LogP contribution in [0.4, 0.5) is 9.59 Å². The first-order valence-corrected chi connectivity index (χ1v) is 10.9. The third-order valence-electron chi connectivity index (χ3n) is 4.84. The first-order chi connectivity index (χ1) is 14.7. The van der Waals surface area contributed by atoms with E-state index in [-0.39, 0.29) is 12.0 Å². The summed E-state index contributed by atoms with van der Waals surface area (Å²) in [5, 5.41) is 2.73. The van der Waals surface area contributed by atoms with Gasteiger partial charge in [0, 0.05) is 32.6 Å². The maximum Gasteiger partial charge on any atom is 0.409 e. The lowest BCUT2D eigenvalue weighted by Gasteiger charge is -2.36. The van der Waals surface area contributed by atoms with Gasteiger partial charge in [-0.25, -0.2) is 9.59 Å². The minimum Gasteiger partial charge on any atom is -0.449 e. The molecular weight excluding hydrogens is 398 g/mol. The quantitative estimate of drug-likeness (QED) is 0.667. The Morgan fingerprint density at radius 1 is 1.03 bits per heavy atom. The summed E-state index contributed by atoms with van der Waals surface area (Å²) >= 11 is 0. The van der Waals surface area contributed by atoms with Crippen molar-refractivity contribution in [2.24, 2.45) is 0 Å². The number of rotatable bonds is 7. The highest BCUT2D eigenvalue weighted by atomic mass is 16.6. The van der Waals surface area contributed by atoms with E-state index < -0.39 is 17.7 Å². The zero-order chi connectivity index (χ0) is 22.9. The molecule has 31 heavy (non-hydrogen) atoms. The van der Waals surface area contributed by atoms with Gasteiger partial charge in [-0.2, -0.15) is 0 Å². The zero-order valence-electron chi connectivity index (χ0n) is 19.1. The largest absolute Gasteiger partial charge is 0.449 e. The number of hydrogen-bond donors (Lipinski definition) is 1. The fourth-order valence-corrected chi connectivity index (χ4v) is 3.22. The number of benzene rings is 1.